The molecule has 0 radical (unpaired) electrons. The summed E-state index contributed by atoms with van der Waals surface area (Å²) in [6.45, 7) is 9.92. The monoisotopic (exact) mass is 390 g/mol. The third-order valence-electron chi connectivity index (χ3n) is 6.56. The number of hydrogen-bond donors (Lipinski definition) is 2. The second kappa shape index (κ2) is 7.06. The van der Waals surface area contributed by atoms with E-state index in [0.29, 0.717) is 18.5 Å². The number of hydrogen-bond acceptors (Lipinski definition) is 3. The van der Waals surface area contributed by atoms with Gasteiger partial charge in [-0.15, -0.1) is 0 Å². The van der Waals surface area contributed by atoms with Crippen molar-refractivity contribution < 1.29 is 4.79 Å². The molecule has 3 aliphatic rings. The lowest BCUT2D eigenvalue weighted by Crippen LogP contribution is -2.47. The molecule has 0 unspecified atom stereocenters. The summed E-state index contributed by atoms with van der Waals surface area (Å²) in [7, 11) is 0. The molecule has 5 rings (SSSR count). The summed E-state index contributed by atoms with van der Waals surface area (Å²) in [5, 5.41) is 6.54. The zero-order valence-corrected chi connectivity index (χ0v) is 17.4. The maximum atomic E-state index is 12.9. The Morgan fingerprint density at radius 2 is 1.72 bits per heavy atom. The summed E-state index contributed by atoms with van der Waals surface area (Å²) in [5.41, 5.74) is 8.02. The van der Waals surface area contributed by atoms with E-state index in [9.17, 15) is 4.79 Å². The largest absolute Gasteiger partial charge is 0.369 e. The molecule has 2 heterocycles. The van der Waals surface area contributed by atoms with E-state index in [-0.39, 0.29) is 6.03 Å². The van der Waals surface area contributed by atoms with E-state index in [1.807, 2.05) is 4.90 Å². The molecule has 2 aromatic carbocycles. The van der Waals surface area contributed by atoms with Crippen LogP contribution >= 0.6 is 0 Å². The van der Waals surface area contributed by atoms with E-state index in [1.165, 1.54) is 27.9 Å². The summed E-state index contributed by atoms with van der Waals surface area (Å²) in [4.78, 5) is 17.2. The molecule has 1 saturated heterocycles. The predicted molar refractivity (Wildman–Crippen MR) is 118 cm³/mol. The molecule has 5 heteroatoms. The van der Waals surface area contributed by atoms with Crippen LogP contribution in [-0.2, 0) is 25.9 Å². The lowest BCUT2D eigenvalue weighted by atomic mass is 9.90. The molecule has 0 aromatic heterocycles. The van der Waals surface area contributed by atoms with Crippen molar-refractivity contribution in [3.63, 3.8) is 0 Å². The smallest absolute Gasteiger partial charge is 0.322 e. The van der Waals surface area contributed by atoms with Gasteiger partial charge in [0.1, 0.15) is 0 Å². The first-order valence-corrected chi connectivity index (χ1v) is 10.7. The van der Waals surface area contributed by atoms with Crippen molar-refractivity contribution >= 4 is 17.4 Å². The Morgan fingerprint density at radius 3 is 2.55 bits per heavy atom. The van der Waals surface area contributed by atoms with E-state index in [2.05, 4.69) is 65.8 Å². The standard InChI is InChI=1S/C24H30N4O/c1-24(2)13-17-5-3-6-18(19(17)14-24)16-28-22-8-4-7-21(20(22)15-26-23(28)29)27-11-9-25-10-12-27/h3-8,25H,9-16H2,1-2H3,(H,26,29). The van der Waals surface area contributed by atoms with Crippen LogP contribution in [0.1, 0.15) is 36.1 Å². The molecule has 0 atom stereocenters. The SMILES string of the molecule is CC1(C)Cc2cccc(CN3C(=O)NCc4c(N5CCNCC5)cccc43)c2C1. The Kier molecular flexibility index (Phi) is 4.50. The molecular weight excluding hydrogens is 360 g/mol. The number of nitrogens with one attached hydrogen (secondary N) is 2. The Morgan fingerprint density at radius 1 is 0.966 bits per heavy atom. The van der Waals surface area contributed by atoms with Gasteiger partial charge in [-0.2, -0.15) is 0 Å². The van der Waals surface area contributed by atoms with Gasteiger partial charge in [0.15, 0.2) is 0 Å². The highest BCUT2D eigenvalue weighted by Crippen LogP contribution is 2.39. The number of benzene rings is 2. The number of nitrogens with zero attached hydrogens (tertiary/aromatic N) is 2. The van der Waals surface area contributed by atoms with Gasteiger partial charge in [0, 0.05) is 44.0 Å². The third kappa shape index (κ3) is 3.38. The molecule has 1 fully saturated rings. The van der Waals surface area contributed by atoms with Crippen LogP contribution in [0.2, 0.25) is 0 Å². The first-order valence-electron chi connectivity index (χ1n) is 10.7. The minimum atomic E-state index is 0.00446. The summed E-state index contributed by atoms with van der Waals surface area (Å²) in [6.07, 6.45) is 2.20. The van der Waals surface area contributed by atoms with Gasteiger partial charge >= 0.3 is 6.03 Å². The number of amides is 2. The van der Waals surface area contributed by atoms with Crippen molar-refractivity contribution in [1.29, 1.82) is 0 Å². The summed E-state index contributed by atoms with van der Waals surface area (Å²) < 4.78 is 0. The third-order valence-corrected chi connectivity index (χ3v) is 6.56. The number of fused-ring (bicyclic) bond motifs is 2. The van der Waals surface area contributed by atoms with Crippen molar-refractivity contribution in [3.8, 4) is 0 Å². The highest BCUT2D eigenvalue weighted by molar-refractivity contribution is 5.96. The normalized spacial score (nSPS) is 20.3. The van der Waals surface area contributed by atoms with Crippen LogP contribution in [0.5, 0.6) is 0 Å². The quantitative estimate of drug-likeness (QED) is 0.844. The maximum absolute atomic E-state index is 12.9. The van der Waals surface area contributed by atoms with Crippen LogP contribution in [0.15, 0.2) is 36.4 Å². The Bertz CT molecular complexity index is 946. The molecule has 2 amide bonds. The van der Waals surface area contributed by atoms with Gasteiger partial charge in [-0.3, -0.25) is 4.90 Å². The summed E-state index contributed by atoms with van der Waals surface area (Å²) in [6, 6.07) is 13.0. The number of carbonyl (C=O) groups is 1. The number of piperazine rings is 1. The number of carbonyl (C=O) groups excluding carboxylic acids is 1. The topological polar surface area (TPSA) is 47.6 Å². The minimum Gasteiger partial charge on any atom is -0.369 e. The van der Waals surface area contributed by atoms with E-state index < -0.39 is 0 Å². The van der Waals surface area contributed by atoms with Crippen LogP contribution in [0.4, 0.5) is 16.2 Å². The number of rotatable bonds is 3. The molecule has 2 N–H and O–H groups in total. The lowest BCUT2D eigenvalue weighted by molar-refractivity contribution is 0.244. The highest BCUT2D eigenvalue weighted by atomic mass is 16.2. The molecule has 0 saturated carbocycles. The fourth-order valence-corrected chi connectivity index (χ4v) is 5.18. The van der Waals surface area contributed by atoms with Gasteiger partial charge in [0.05, 0.1) is 12.2 Å². The molecule has 1 aliphatic carbocycles. The fourth-order valence-electron chi connectivity index (χ4n) is 5.18. The first kappa shape index (κ1) is 18.5. The average Bonchev–Trinajstić information content (AvgIpc) is 3.05. The van der Waals surface area contributed by atoms with Gasteiger partial charge in [-0.1, -0.05) is 38.1 Å². The Balaban J connectivity index is 1.49. The molecule has 152 valence electrons. The zero-order valence-electron chi connectivity index (χ0n) is 17.4. The van der Waals surface area contributed by atoms with E-state index in [4.69, 9.17) is 0 Å². The highest BCUT2D eigenvalue weighted by Gasteiger charge is 2.32. The Hall–Kier alpha value is -2.53. The minimum absolute atomic E-state index is 0.00446. The first-order chi connectivity index (χ1) is 14.0. The average molecular weight is 391 g/mol. The second-order valence-electron chi connectivity index (χ2n) is 9.33. The van der Waals surface area contributed by atoms with Crippen molar-refractivity contribution in [1.82, 2.24) is 10.6 Å². The van der Waals surface area contributed by atoms with Gasteiger partial charge in [-0.25, -0.2) is 4.79 Å². The van der Waals surface area contributed by atoms with Gasteiger partial charge < -0.3 is 15.5 Å². The lowest BCUT2D eigenvalue weighted by Gasteiger charge is -2.36. The molecule has 5 nitrogen and oxygen atoms in total. The van der Waals surface area contributed by atoms with Crippen molar-refractivity contribution in [2.24, 2.45) is 5.41 Å². The van der Waals surface area contributed by atoms with Crippen LogP contribution < -0.4 is 20.4 Å². The van der Waals surface area contributed by atoms with Crippen LogP contribution in [0.3, 0.4) is 0 Å². The van der Waals surface area contributed by atoms with Crippen molar-refractivity contribution in [3.05, 3.63) is 58.7 Å². The fraction of sp³-hybridized carbons (Fsp3) is 0.458. The maximum Gasteiger partial charge on any atom is 0.322 e. The predicted octanol–water partition coefficient (Wildman–Crippen LogP) is 3.45. The molecule has 2 aliphatic heterocycles. The van der Waals surface area contributed by atoms with Crippen LogP contribution in [0.25, 0.3) is 0 Å². The van der Waals surface area contributed by atoms with Gasteiger partial charge in [-0.05, 0) is 47.1 Å². The van der Waals surface area contributed by atoms with Gasteiger partial charge in [0.25, 0.3) is 0 Å². The molecule has 0 bridgehead atoms. The zero-order chi connectivity index (χ0) is 20.0. The van der Waals surface area contributed by atoms with Crippen molar-refractivity contribution in [2.45, 2.75) is 39.8 Å². The Labute approximate surface area is 173 Å². The summed E-state index contributed by atoms with van der Waals surface area (Å²) >= 11 is 0. The summed E-state index contributed by atoms with van der Waals surface area (Å²) in [5.74, 6) is 0. The second-order valence-corrected chi connectivity index (χ2v) is 9.33. The molecular formula is C24H30N4O. The number of anilines is 2. The number of urea groups is 1. The van der Waals surface area contributed by atoms with Gasteiger partial charge in [0.2, 0.25) is 0 Å². The van der Waals surface area contributed by atoms with E-state index in [0.717, 1.165) is 44.7 Å². The molecule has 29 heavy (non-hydrogen) atoms. The van der Waals surface area contributed by atoms with E-state index >= 15 is 0 Å². The van der Waals surface area contributed by atoms with Crippen molar-refractivity contribution in [2.75, 3.05) is 36.0 Å². The molecule has 2 aromatic rings. The van der Waals surface area contributed by atoms with E-state index in [1.54, 1.807) is 0 Å². The van der Waals surface area contributed by atoms with Crippen LogP contribution in [0, 0.1) is 5.41 Å². The van der Waals surface area contributed by atoms with Crippen LogP contribution in [-0.4, -0.2) is 32.2 Å². The molecule has 0 spiro atoms.